The molecule has 1 aliphatic rings. The molecule has 5 rings (SSSR count). The molecule has 0 N–H and O–H groups in total. The van der Waals surface area contributed by atoms with Crippen LogP contribution in [0.15, 0.2) is 123 Å². The van der Waals surface area contributed by atoms with Gasteiger partial charge in [0.2, 0.25) is 0 Å². The van der Waals surface area contributed by atoms with Crippen LogP contribution >= 0.6 is 0 Å². The summed E-state index contributed by atoms with van der Waals surface area (Å²) in [5.41, 5.74) is 12.9. The number of rotatable bonds is 8. The number of fused-ring (bicyclic) bond motifs is 3. The maximum absolute atomic E-state index is 10.4. The summed E-state index contributed by atoms with van der Waals surface area (Å²) in [6.45, 7) is 23.2. The van der Waals surface area contributed by atoms with Crippen molar-refractivity contribution in [2.45, 2.75) is 26.2 Å². The van der Waals surface area contributed by atoms with E-state index >= 15 is 0 Å². The zero-order valence-electron chi connectivity index (χ0n) is 24.0. The summed E-state index contributed by atoms with van der Waals surface area (Å²) >= 11 is 0. The third kappa shape index (κ3) is 4.46. The Bertz CT molecular complexity index is 1790. The normalized spacial score (nSPS) is 13.0. The molecule has 0 saturated carbocycles. The fourth-order valence-electron chi connectivity index (χ4n) is 6.03. The molecule has 4 aromatic carbocycles. The van der Waals surface area contributed by atoms with Gasteiger partial charge in [0.15, 0.2) is 0 Å². The number of anilines is 2. The predicted molar refractivity (Wildman–Crippen MR) is 176 cm³/mol. The quantitative estimate of drug-likeness (QED) is 0.212. The Labute approximate surface area is 244 Å². The Morgan fingerprint density at radius 1 is 0.805 bits per heavy atom. The topological polar surface area (TPSA) is 27.0 Å². The number of nitrogens with zero attached hydrogens (tertiary/aromatic N) is 2. The van der Waals surface area contributed by atoms with Crippen LogP contribution in [-0.4, -0.2) is 0 Å². The lowest BCUT2D eigenvalue weighted by molar-refractivity contribution is 0.659. The summed E-state index contributed by atoms with van der Waals surface area (Å²) in [6.07, 6.45) is 9.27. The summed E-state index contributed by atoms with van der Waals surface area (Å²) in [6, 6.07) is 27.5. The first-order valence-corrected chi connectivity index (χ1v) is 13.7. The van der Waals surface area contributed by atoms with Gasteiger partial charge in [0.25, 0.3) is 0 Å². The lowest BCUT2D eigenvalue weighted by Gasteiger charge is -2.32. The van der Waals surface area contributed by atoms with Crippen molar-refractivity contribution in [1.82, 2.24) is 0 Å². The van der Waals surface area contributed by atoms with Crippen LogP contribution in [0.2, 0.25) is 0 Å². The third-order valence-corrected chi connectivity index (χ3v) is 8.05. The van der Waals surface area contributed by atoms with Crippen LogP contribution in [0, 0.1) is 18.3 Å². The van der Waals surface area contributed by atoms with Gasteiger partial charge in [0, 0.05) is 16.7 Å². The minimum Gasteiger partial charge on any atom is -0.309 e. The molecule has 4 aromatic rings. The van der Waals surface area contributed by atoms with Crippen molar-refractivity contribution < 1.29 is 0 Å². The number of hydrogen-bond donors (Lipinski definition) is 0. The minimum absolute atomic E-state index is 0.236. The molecule has 41 heavy (non-hydrogen) atoms. The first-order chi connectivity index (χ1) is 19.8. The van der Waals surface area contributed by atoms with Gasteiger partial charge in [-0.15, -0.1) is 0 Å². The van der Waals surface area contributed by atoms with Gasteiger partial charge < -0.3 is 4.90 Å². The van der Waals surface area contributed by atoms with Crippen LogP contribution in [0.4, 0.5) is 11.4 Å². The summed E-state index contributed by atoms with van der Waals surface area (Å²) in [4.78, 5) is 2.09. The van der Waals surface area contributed by atoms with Crippen molar-refractivity contribution in [2.75, 3.05) is 4.90 Å². The molecule has 2 nitrogen and oxygen atoms in total. The maximum Gasteiger partial charge on any atom is 0.101 e. The second-order valence-electron chi connectivity index (χ2n) is 10.8. The Balaban J connectivity index is 1.84. The molecular weight excluding hydrogens is 496 g/mol. The molecule has 1 aliphatic carbocycles. The monoisotopic (exact) mass is 530 g/mol. The van der Waals surface area contributed by atoms with Crippen LogP contribution in [0.5, 0.6) is 0 Å². The highest BCUT2D eigenvalue weighted by Gasteiger charge is 2.38. The number of hydrogen-bond acceptors (Lipinski definition) is 2. The van der Waals surface area contributed by atoms with Crippen LogP contribution < -0.4 is 4.90 Å². The van der Waals surface area contributed by atoms with Gasteiger partial charge in [0.1, 0.15) is 6.07 Å². The average molecular weight is 531 g/mol. The smallest absolute Gasteiger partial charge is 0.101 e. The van der Waals surface area contributed by atoms with Crippen molar-refractivity contribution in [3.05, 3.63) is 156 Å². The summed E-state index contributed by atoms with van der Waals surface area (Å²) in [5, 5.41) is 10.4. The van der Waals surface area contributed by atoms with Gasteiger partial charge in [-0.3, -0.25) is 0 Å². The van der Waals surface area contributed by atoms with Crippen molar-refractivity contribution in [2.24, 2.45) is 0 Å². The van der Waals surface area contributed by atoms with E-state index in [-0.39, 0.29) is 5.41 Å². The zero-order valence-corrected chi connectivity index (χ0v) is 24.0. The van der Waals surface area contributed by atoms with Crippen molar-refractivity contribution >= 4 is 23.5 Å². The highest BCUT2D eigenvalue weighted by atomic mass is 15.2. The fourth-order valence-corrected chi connectivity index (χ4v) is 6.03. The molecule has 0 aromatic heterocycles. The van der Waals surface area contributed by atoms with Crippen molar-refractivity contribution in [3.8, 4) is 28.3 Å². The van der Waals surface area contributed by atoms with Gasteiger partial charge in [0.05, 0.1) is 16.9 Å². The van der Waals surface area contributed by atoms with Crippen LogP contribution in [-0.2, 0) is 5.41 Å². The molecular formula is C39H34N2. The zero-order chi connectivity index (χ0) is 29.3. The lowest BCUT2D eigenvalue weighted by atomic mass is 9.80. The van der Waals surface area contributed by atoms with E-state index in [0.717, 1.165) is 39.3 Å². The molecule has 200 valence electrons. The molecule has 0 atom stereocenters. The molecule has 0 unspecified atom stereocenters. The first kappa shape index (κ1) is 27.4. The van der Waals surface area contributed by atoms with E-state index < -0.39 is 0 Å². The lowest BCUT2D eigenvalue weighted by Crippen LogP contribution is -2.20. The van der Waals surface area contributed by atoms with Gasteiger partial charge in [-0.05, 0) is 76.2 Å². The Hall–Kier alpha value is -5.13. The molecule has 0 bridgehead atoms. The van der Waals surface area contributed by atoms with E-state index in [1.54, 1.807) is 12.2 Å². The van der Waals surface area contributed by atoms with Crippen LogP contribution in [0.25, 0.3) is 34.4 Å². The maximum atomic E-state index is 10.4. The van der Waals surface area contributed by atoms with E-state index in [0.29, 0.717) is 5.56 Å². The predicted octanol–water partition coefficient (Wildman–Crippen LogP) is 10.5. The Morgan fingerprint density at radius 2 is 1.54 bits per heavy atom. The molecule has 0 amide bonds. The van der Waals surface area contributed by atoms with E-state index in [4.69, 9.17) is 0 Å². The fraction of sp³-hybridized carbons (Fsp3) is 0.103. The molecule has 0 radical (unpaired) electrons. The number of aryl methyl sites for hydroxylation is 1. The van der Waals surface area contributed by atoms with Gasteiger partial charge in [-0.1, -0.05) is 119 Å². The van der Waals surface area contributed by atoms with E-state index in [9.17, 15) is 5.26 Å². The molecule has 0 aliphatic heterocycles. The summed E-state index contributed by atoms with van der Waals surface area (Å²) in [7, 11) is 0. The van der Waals surface area contributed by atoms with E-state index in [1.165, 1.54) is 27.8 Å². The number of allylic oxidation sites excluding steroid dienone is 3. The van der Waals surface area contributed by atoms with E-state index in [2.05, 4.69) is 101 Å². The van der Waals surface area contributed by atoms with Crippen LogP contribution in [0.3, 0.4) is 0 Å². The number of benzene rings is 4. The summed E-state index contributed by atoms with van der Waals surface area (Å²) in [5.74, 6) is 0. The SMILES string of the molecule is C=C/C=C(\C=C)N(c1ccc(-c2ccccc2)cc1C#N)c1cc2c(c(C=C)c1C=C)-c1ccc(C)cc1C2(C)C. The number of nitriles is 1. The molecule has 0 heterocycles. The second-order valence-corrected chi connectivity index (χ2v) is 10.8. The van der Waals surface area contributed by atoms with Crippen molar-refractivity contribution in [3.63, 3.8) is 0 Å². The van der Waals surface area contributed by atoms with Crippen LogP contribution in [0.1, 0.15) is 47.2 Å². The summed E-state index contributed by atoms with van der Waals surface area (Å²) < 4.78 is 0. The standard InChI is InChI=1S/C39H34N2/c1-8-15-30(9-2)41(36-21-19-28(23-29(36)25-40)27-16-13-12-14-17-27)37-24-35-38(32(11-4)31(37)10-3)33-20-18-26(5)22-34(33)39(35,6)7/h8-24H,1-4H2,5-7H3/b30-15+. The molecule has 0 spiro atoms. The Morgan fingerprint density at radius 3 is 2.17 bits per heavy atom. The third-order valence-electron chi connectivity index (χ3n) is 8.05. The van der Waals surface area contributed by atoms with Crippen molar-refractivity contribution in [1.29, 1.82) is 5.26 Å². The highest BCUT2D eigenvalue weighted by molar-refractivity contribution is 5.96. The molecule has 0 saturated heterocycles. The first-order valence-electron chi connectivity index (χ1n) is 13.7. The Kier molecular flexibility index (Phi) is 7.22. The van der Waals surface area contributed by atoms with Gasteiger partial charge in [-0.2, -0.15) is 5.26 Å². The van der Waals surface area contributed by atoms with Gasteiger partial charge >= 0.3 is 0 Å². The average Bonchev–Trinajstić information content (AvgIpc) is 3.21. The molecule has 0 fully saturated rings. The molecule has 2 heteroatoms. The second kappa shape index (κ2) is 10.8. The highest BCUT2D eigenvalue weighted by Crippen LogP contribution is 2.54. The van der Waals surface area contributed by atoms with Gasteiger partial charge in [-0.25, -0.2) is 0 Å². The largest absolute Gasteiger partial charge is 0.309 e. The van der Waals surface area contributed by atoms with E-state index in [1.807, 2.05) is 48.6 Å². The minimum atomic E-state index is -0.236.